The number of nitrogens with two attached hydrogens (primary N) is 1. The first kappa shape index (κ1) is 14.1. The number of carbonyl (C=O) groups is 1. The van der Waals surface area contributed by atoms with Gasteiger partial charge >= 0.3 is 0 Å². The number of halogens is 1. The summed E-state index contributed by atoms with van der Waals surface area (Å²) in [6, 6.07) is 12.7. The van der Waals surface area contributed by atoms with Crippen LogP contribution in [0, 0.1) is 5.82 Å². The molecule has 2 N–H and O–H groups in total. The van der Waals surface area contributed by atoms with Gasteiger partial charge in [-0.1, -0.05) is 6.92 Å². The topological polar surface area (TPSA) is 46.3 Å². The molecule has 2 aromatic rings. The van der Waals surface area contributed by atoms with Crippen molar-refractivity contribution in [3.8, 4) is 0 Å². The highest BCUT2D eigenvalue weighted by atomic mass is 19.1. The maximum atomic E-state index is 12.9. The Hall–Kier alpha value is -2.36. The molecule has 0 aliphatic carbocycles. The zero-order chi connectivity index (χ0) is 14.5. The van der Waals surface area contributed by atoms with Gasteiger partial charge in [0.2, 0.25) is 0 Å². The molecular weight excluding hydrogens is 255 g/mol. The van der Waals surface area contributed by atoms with E-state index in [0.717, 1.165) is 12.1 Å². The van der Waals surface area contributed by atoms with Crippen LogP contribution >= 0.6 is 0 Å². The van der Waals surface area contributed by atoms with E-state index in [4.69, 9.17) is 5.73 Å². The van der Waals surface area contributed by atoms with Crippen LogP contribution in [0.15, 0.2) is 48.5 Å². The fourth-order valence-corrected chi connectivity index (χ4v) is 1.97. The number of nitrogen functional groups attached to an aromatic ring is 1. The Labute approximate surface area is 117 Å². The fraction of sp³-hybridized carbons (Fsp3) is 0.188. The van der Waals surface area contributed by atoms with Gasteiger partial charge in [-0.05, 0) is 55.0 Å². The first-order valence-corrected chi connectivity index (χ1v) is 6.55. The molecule has 0 unspecified atom stereocenters. The maximum Gasteiger partial charge on any atom is 0.258 e. The number of nitrogens with zero attached hydrogens (tertiary/aromatic N) is 1. The van der Waals surface area contributed by atoms with Crippen molar-refractivity contribution in [1.29, 1.82) is 0 Å². The third-order valence-electron chi connectivity index (χ3n) is 2.99. The SMILES string of the molecule is CCCN(C(=O)c1ccc(F)cc1)c1ccc(N)cc1. The van der Waals surface area contributed by atoms with Crippen molar-refractivity contribution in [3.63, 3.8) is 0 Å². The van der Waals surface area contributed by atoms with Crippen LogP contribution in [-0.4, -0.2) is 12.5 Å². The highest BCUT2D eigenvalue weighted by molar-refractivity contribution is 6.06. The minimum Gasteiger partial charge on any atom is -0.399 e. The van der Waals surface area contributed by atoms with Crippen LogP contribution in [-0.2, 0) is 0 Å². The molecule has 2 aromatic carbocycles. The Morgan fingerprint density at radius 3 is 2.25 bits per heavy atom. The standard InChI is InChI=1S/C16H17FN2O/c1-2-11-19(15-9-7-14(18)8-10-15)16(20)12-3-5-13(17)6-4-12/h3-10H,2,11,18H2,1H3. The predicted molar refractivity (Wildman–Crippen MR) is 79.2 cm³/mol. The predicted octanol–water partition coefficient (Wildman–Crippen LogP) is 3.46. The molecule has 0 saturated carbocycles. The van der Waals surface area contributed by atoms with E-state index >= 15 is 0 Å². The Bertz CT molecular complexity index is 578. The molecule has 0 saturated heterocycles. The van der Waals surface area contributed by atoms with Gasteiger partial charge in [-0.15, -0.1) is 0 Å². The number of hydrogen-bond donors (Lipinski definition) is 1. The van der Waals surface area contributed by atoms with Gasteiger partial charge in [0.25, 0.3) is 5.91 Å². The van der Waals surface area contributed by atoms with Gasteiger partial charge in [-0.2, -0.15) is 0 Å². The molecule has 0 heterocycles. The summed E-state index contributed by atoms with van der Waals surface area (Å²) in [4.78, 5) is 14.2. The van der Waals surface area contributed by atoms with Crippen LogP contribution in [0.5, 0.6) is 0 Å². The molecule has 1 amide bonds. The van der Waals surface area contributed by atoms with Crippen LogP contribution in [0.25, 0.3) is 0 Å². The van der Waals surface area contributed by atoms with E-state index in [1.54, 1.807) is 17.0 Å². The van der Waals surface area contributed by atoms with E-state index in [0.29, 0.717) is 17.8 Å². The Kier molecular flexibility index (Phi) is 4.35. The monoisotopic (exact) mass is 272 g/mol. The Balaban J connectivity index is 2.30. The van der Waals surface area contributed by atoms with Gasteiger partial charge in [0.15, 0.2) is 0 Å². The van der Waals surface area contributed by atoms with Crippen molar-refractivity contribution >= 4 is 17.3 Å². The van der Waals surface area contributed by atoms with Gasteiger partial charge < -0.3 is 10.6 Å². The van der Waals surface area contributed by atoms with Gasteiger partial charge in [0.05, 0.1) is 0 Å². The van der Waals surface area contributed by atoms with Gasteiger partial charge in [0.1, 0.15) is 5.82 Å². The van der Waals surface area contributed by atoms with E-state index in [1.807, 2.05) is 19.1 Å². The van der Waals surface area contributed by atoms with Gasteiger partial charge in [0, 0.05) is 23.5 Å². The lowest BCUT2D eigenvalue weighted by Crippen LogP contribution is -2.31. The second kappa shape index (κ2) is 6.19. The highest BCUT2D eigenvalue weighted by Gasteiger charge is 2.16. The lowest BCUT2D eigenvalue weighted by Gasteiger charge is -2.22. The molecule has 0 atom stereocenters. The lowest BCUT2D eigenvalue weighted by atomic mass is 10.1. The third-order valence-corrected chi connectivity index (χ3v) is 2.99. The molecule has 0 radical (unpaired) electrons. The normalized spacial score (nSPS) is 10.3. The summed E-state index contributed by atoms with van der Waals surface area (Å²) in [7, 11) is 0. The molecule has 0 aliphatic rings. The van der Waals surface area contributed by atoms with Crippen molar-refractivity contribution in [2.24, 2.45) is 0 Å². The third kappa shape index (κ3) is 3.15. The average Bonchev–Trinajstić information content (AvgIpc) is 2.46. The van der Waals surface area contributed by atoms with Crippen LogP contribution in [0.2, 0.25) is 0 Å². The quantitative estimate of drug-likeness (QED) is 0.866. The average molecular weight is 272 g/mol. The molecule has 0 bridgehead atoms. The first-order valence-electron chi connectivity index (χ1n) is 6.55. The summed E-state index contributed by atoms with van der Waals surface area (Å²) in [5.41, 5.74) is 7.57. The van der Waals surface area contributed by atoms with Crippen LogP contribution in [0.4, 0.5) is 15.8 Å². The van der Waals surface area contributed by atoms with Crippen LogP contribution in [0.3, 0.4) is 0 Å². The summed E-state index contributed by atoms with van der Waals surface area (Å²) in [5, 5.41) is 0. The van der Waals surface area contributed by atoms with E-state index in [2.05, 4.69) is 0 Å². The summed E-state index contributed by atoms with van der Waals surface area (Å²) in [6.07, 6.45) is 0.831. The molecule has 104 valence electrons. The molecular formula is C16H17FN2O. The summed E-state index contributed by atoms with van der Waals surface area (Å²) >= 11 is 0. The van der Waals surface area contributed by atoms with E-state index in [-0.39, 0.29) is 11.7 Å². The molecule has 0 spiro atoms. The first-order chi connectivity index (χ1) is 9.61. The maximum absolute atomic E-state index is 12.9. The van der Waals surface area contributed by atoms with Crippen molar-refractivity contribution < 1.29 is 9.18 Å². The van der Waals surface area contributed by atoms with E-state index in [1.165, 1.54) is 24.3 Å². The Morgan fingerprint density at radius 2 is 1.70 bits per heavy atom. The molecule has 3 nitrogen and oxygen atoms in total. The largest absolute Gasteiger partial charge is 0.399 e. The Morgan fingerprint density at radius 1 is 1.10 bits per heavy atom. The summed E-state index contributed by atoms with van der Waals surface area (Å²) in [6.45, 7) is 2.60. The highest BCUT2D eigenvalue weighted by Crippen LogP contribution is 2.19. The number of anilines is 2. The number of hydrogen-bond acceptors (Lipinski definition) is 2. The van der Waals surface area contributed by atoms with Gasteiger partial charge in [-0.25, -0.2) is 4.39 Å². The minimum absolute atomic E-state index is 0.142. The molecule has 0 aromatic heterocycles. The number of carbonyl (C=O) groups excluding carboxylic acids is 1. The minimum atomic E-state index is -0.351. The van der Waals surface area contributed by atoms with Crippen LogP contribution < -0.4 is 10.6 Å². The molecule has 0 aliphatic heterocycles. The van der Waals surface area contributed by atoms with Crippen molar-refractivity contribution in [1.82, 2.24) is 0 Å². The van der Waals surface area contributed by atoms with Crippen LogP contribution in [0.1, 0.15) is 23.7 Å². The van der Waals surface area contributed by atoms with Crippen molar-refractivity contribution in [2.45, 2.75) is 13.3 Å². The zero-order valence-electron chi connectivity index (χ0n) is 11.3. The van der Waals surface area contributed by atoms with Gasteiger partial charge in [-0.3, -0.25) is 4.79 Å². The summed E-state index contributed by atoms with van der Waals surface area (Å²) in [5.74, 6) is -0.493. The van der Waals surface area contributed by atoms with E-state index < -0.39 is 0 Å². The molecule has 2 rings (SSSR count). The van der Waals surface area contributed by atoms with E-state index in [9.17, 15) is 9.18 Å². The lowest BCUT2D eigenvalue weighted by molar-refractivity contribution is 0.0987. The fourth-order valence-electron chi connectivity index (χ4n) is 1.97. The molecule has 0 fully saturated rings. The van der Waals surface area contributed by atoms with Crippen molar-refractivity contribution in [3.05, 3.63) is 59.9 Å². The zero-order valence-corrected chi connectivity index (χ0v) is 11.3. The number of rotatable bonds is 4. The van der Waals surface area contributed by atoms with Crippen molar-refractivity contribution in [2.75, 3.05) is 17.2 Å². The smallest absolute Gasteiger partial charge is 0.258 e. The summed E-state index contributed by atoms with van der Waals surface area (Å²) < 4.78 is 12.9. The number of benzene rings is 2. The molecule has 20 heavy (non-hydrogen) atoms. The second-order valence-corrected chi connectivity index (χ2v) is 4.56. The molecule has 4 heteroatoms. The second-order valence-electron chi connectivity index (χ2n) is 4.56. The number of amides is 1.